The van der Waals surface area contributed by atoms with Crippen molar-refractivity contribution in [3.8, 4) is 5.75 Å². The molecule has 0 bridgehead atoms. The van der Waals surface area contributed by atoms with E-state index in [1.54, 1.807) is 0 Å². The smallest absolute Gasteiger partial charge is 0.131 e. The van der Waals surface area contributed by atoms with E-state index in [-0.39, 0.29) is 11.1 Å². The summed E-state index contributed by atoms with van der Waals surface area (Å²) in [6, 6.07) is 8.48. The number of likely N-dealkylation sites (tertiary alicyclic amines) is 1. The van der Waals surface area contributed by atoms with Crippen LogP contribution >= 0.6 is 0 Å². The summed E-state index contributed by atoms with van der Waals surface area (Å²) in [6.45, 7) is 13.1. The van der Waals surface area contributed by atoms with Crippen LogP contribution in [0.5, 0.6) is 5.75 Å². The van der Waals surface area contributed by atoms with E-state index in [0.29, 0.717) is 0 Å². The van der Waals surface area contributed by atoms with E-state index in [4.69, 9.17) is 4.74 Å². The second kappa shape index (κ2) is 4.58. The SMILES string of the molecule is CCc1ccc(OC2(C)CN(C(C)(C)C)C2)cc1. The van der Waals surface area contributed by atoms with Crippen molar-refractivity contribution >= 4 is 0 Å². The summed E-state index contributed by atoms with van der Waals surface area (Å²) in [5, 5.41) is 0. The highest BCUT2D eigenvalue weighted by Crippen LogP contribution is 2.32. The van der Waals surface area contributed by atoms with Crippen LogP contribution < -0.4 is 4.74 Å². The van der Waals surface area contributed by atoms with Crippen LogP contribution in [-0.2, 0) is 6.42 Å². The lowest BCUT2D eigenvalue weighted by molar-refractivity contribution is -0.103. The van der Waals surface area contributed by atoms with Gasteiger partial charge in [-0.05, 0) is 51.8 Å². The van der Waals surface area contributed by atoms with Crippen LogP contribution in [0.4, 0.5) is 0 Å². The first-order valence-corrected chi connectivity index (χ1v) is 6.85. The average Bonchev–Trinajstić information content (AvgIpc) is 2.25. The fraction of sp³-hybridized carbons (Fsp3) is 0.625. The van der Waals surface area contributed by atoms with E-state index in [1.807, 2.05) is 0 Å². The third-order valence-electron chi connectivity index (χ3n) is 3.70. The van der Waals surface area contributed by atoms with E-state index < -0.39 is 0 Å². The van der Waals surface area contributed by atoms with E-state index in [1.165, 1.54) is 5.56 Å². The maximum atomic E-state index is 6.12. The number of rotatable bonds is 3. The molecule has 1 aliphatic rings. The highest BCUT2D eigenvalue weighted by Gasteiger charge is 2.45. The minimum Gasteiger partial charge on any atom is -0.485 e. The van der Waals surface area contributed by atoms with E-state index in [2.05, 4.69) is 63.8 Å². The minimum absolute atomic E-state index is 0.0268. The summed E-state index contributed by atoms with van der Waals surface area (Å²) < 4.78 is 6.12. The first kappa shape index (κ1) is 13.4. The highest BCUT2D eigenvalue weighted by atomic mass is 16.5. The molecule has 0 radical (unpaired) electrons. The predicted molar refractivity (Wildman–Crippen MR) is 76.2 cm³/mol. The van der Waals surface area contributed by atoms with Gasteiger partial charge in [-0.25, -0.2) is 0 Å². The van der Waals surface area contributed by atoms with Crippen molar-refractivity contribution in [2.45, 2.75) is 52.2 Å². The van der Waals surface area contributed by atoms with Gasteiger partial charge in [0.05, 0.1) is 0 Å². The predicted octanol–water partition coefficient (Wildman–Crippen LogP) is 3.50. The number of benzene rings is 1. The van der Waals surface area contributed by atoms with Gasteiger partial charge in [-0.1, -0.05) is 19.1 Å². The second-order valence-corrected chi connectivity index (χ2v) is 6.58. The molecule has 1 aliphatic heterocycles. The van der Waals surface area contributed by atoms with Crippen molar-refractivity contribution in [1.29, 1.82) is 0 Å². The quantitative estimate of drug-likeness (QED) is 0.810. The van der Waals surface area contributed by atoms with E-state index in [9.17, 15) is 0 Å². The molecule has 0 aliphatic carbocycles. The Kier molecular flexibility index (Phi) is 3.41. The van der Waals surface area contributed by atoms with Gasteiger partial charge in [-0.3, -0.25) is 4.90 Å². The van der Waals surface area contributed by atoms with E-state index >= 15 is 0 Å². The molecule has 0 N–H and O–H groups in total. The fourth-order valence-corrected chi connectivity index (χ4v) is 2.38. The number of aryl methyl sites for hydroxylation is 1. The summed E-state index contributed by atoms with van der Waals surface area (Å²) >= 11 is 0. The lowest BCUT2D eigenvalue weighted by atomic mass is 9.89. The lowest BCUT2D eigenvalue weighted by Gasteiger charge is -2.53. The third kappa shape index (κ3) is 2.86. The molecule has 0 atom stereocenters. The van der Waals surface area contributed by atoms with Gasteiger partial charge in [-0.2, -0.15) is 0 Å². The van der Waals surface area contributed by atoms with Gasteiger partial charge >= 0.3 is 0 Å². The highest BCUT2D eigenvalue weighted by molar-refractivity contribution is 5.28. The van der Waals surface area contributed by atoms with Crippen LogP contribution in [0.3, 0.4) is 0 Å². The molecule has 1 fully saturated rings. The third-order valence-corrected chi connectivity index (χ3v) is 3.70. The van der Waals surface area contributed by atoms with Crippen LogP contribution in [0, 0.1) is 0 Å². The van der Waals surface area contributed by atoms with Gasteiger partial charge in [-0.15, -0.1) is 0 Å². The van der Waals surface area contributed by atoms with Gasteiger partial charge in [0.15, 0.2) is 0 Å². The van der Waals surface area contributed by atoms with Crippen LogP contribution in [0.15, 0.2) is 24.3 Å². The van der Waals surface area contributed by atoms with Crippen LogP contribution in [0.25, 0.3) is 0 Å². The average molecular weight is 247 g/mol. The Balaban J connectivity index is 1.94. The molecular formula is C16H25NO. The Morgan fingerprint density at radius 1 is 1.17 bits per heavy atom. The molecule has 1 saturated heterocycles. The largest absolute Gasteiger partial charge is 0.485 e. The fourth-order valence-electron chi connectivity index (χ4n) is 2.38. The Hall–Kier alpha value is -1.02. The van der Waals surface area contributed by atoms with Gasteiger partial charge in [0, 0.05) is 18.6 Å². The van der Waals surface area contributed by atoms with Crippen molar-refractivity contribution in [2.75, 3.05) is 13.1 Å². The number of ether oxygens (including phenoxy) is 1. The summed E-state index contributed by atoms with van der Waals surface area (Å²) in [6.07, 6.45) is 1.08. The molecule has 0 unspecified atom stereocenters. The van der Waals surface area contributed by atoms with Crippen LogP contribution in [0.1, 0.15) is 40.2 Å². The Labute approximate surface area is 111 Å². The molecule has 2 heteroatoms. The molecule has 1 aromatic rings. The Bertz CT molecular complexity index is 396. The first-order chi connectivity index (χ1) is 8.32. The number of hydrogen-bond donors (Lipinski definition) is 0. The van der Waals surface area contributed by atoms with E-state index in [0.717, 1.165) is 25.3 Å². The zero-order valence-electron chi connectivity index (χ0n) is 12.3. The standard InChI is InChI=1S/C16H25NO/c1-6-13-7-9-14(10-8-13)18-16(5)11-17(12-16)15(2,3)4/h7-10H,6,11-12H2,1-5H3. The molecule has 0 saturated carbocycles. The van der Waals surface area contributed by atoms with Gasteiger partial charge in [0.25, 0.3) is 0 Å². The molecule has 18 heavy (non-hydrogen) atoms. The maximum absolute atomic E-state index is 6.12. The molecule has 100 valence electrons. The van der Waals surface area contributed by atoms with Crippen molar-refractivity contribution in [3.63, 3.8) is 0 Å². The van der Waals surface area contributed by atoms with Gasteiger partial charge in [0.1, 0.15) is 11.4 Å². The lowest BCUT2D eigenvalue weighted by Crippen LogP contribution is -2.68. The zero-order valence-corrected chi connectivity index (χ0v) is 12.3. The molecule has 1 heterocycles. The molecule has 0 aromatic heterocycles. The van der Waals surface area contributed by atoms with Crippen molar-refractivity contribution < 1.29 is 4.74 Å². The normalized spacial score (nSPS) is 19.4. The van der Waals surface area contributed by atoms with Crippen LogP contribution in [-0.4, -0.2) is 29.1 Å². The van der Waals surface area contributed by atoms with Gasteiger partial charge < -0.3 is 4.74 Å². The monoisotopic (exact) mass is 247 g/mol. The first-order valence-electron chi connectivity index (χ1n) is 6.85. The second-order valence-electron chi connectivity index (χ2n) is 6.58. The number of nitrogens with zero attached hydrogens (tertiary/aromatic N) is 1. The van der Waals surface area contributed by atoms with Crippen LogP contribution in [0.2, 0.25) is 0 Å². The molecule has 0 spiro atoms. The molecule has 1 aromatic carbocycles. The van der Waals surface area contributed by atoms with Gasteiger partial charge in [0.2, 0.25) is 0 Å². The van der Waals surface area contributed by atoms with Crippen molar-refractivity contribution in [3.05, 3.63) is 29.8 Å². The number of hydrogen-bond acceptors (Lipinski definition) is 2. The van der Waals surface area contributed by atoms with Crippen molar-refractivity contribution in [1.82, 2.24) is 4.90 Å². The molecule has 0 amide bonds. The molecule has 2 nitrogen and oxygen atoms in total. The maximum Gasteiger partial charge on any atom is 0.131 e. The van der Waals surface area contributed by atoms with Crippen molar-refractivity contribution in [2.24, 2.45) is 0 Å². The summed E-state index contributed by atoms with van der Waals surface area (Å²) in [4.78, 5) is 2.45. The minimum atomic E-state index is -0.0268. The zero-order chi connectivity index (χ0) is 13.4. The summed E-state index contributed by atoms with van der Waals surface area (Å²) in [5.74, 6) is 0.989. The molecule has 2 rings (SSSR count). The summed E-state index contributed by atoms with van der Waals surface area (Å²) in [7, 11) is 0. The molecular weight excluding hydrogens is 222 g/mol. The Morgan fingerprint density at radius 3 is 2.17 bits per heavy atom. The Morgan fingerprint density at radius 2 is 1.72 bits per heavy atom. The summed E-state index contributed by atoms with van der Waals surface area (Å²) in [5.41, 5.74) is 1.58. The topological polar surface area (TPSA) is 12.5 Å².